The summed E-state index contributed by atoms with van der Waals surface area (Å²) >= 11 is 0. The number of fused-ring (bicyclic) bond motifs is 1. The molecule has 1 amide bonds. The van der Waals surface area contributed by atoms with Crippen LogP contribution in [0, 0.1) is 12.7 Å². The van der Waals surface area contributed by atoms with Crippen molar-refractivity contribution in [1.82, 2.24) is 14.7 Å². The molecule has 0 saturated carbocycles. The molecular formula is C21H20FN3O2. The predicted octanol–water partition coefficient (Wildman–Crippen LogP) is 3.54. The van der Waals surface area contributed by atoms with E-state index in [-0.39, 0.29) is 11.7 Å². The Balaban J connectivity index is 1.55. The van der Waals surface area contributed by atoms with Crippen LogP contribution in [0.2, 0.25) is 0 Å². The van der Waals surface area contributed by atoms with Crippen LogP contribution in [0.5, 0.6) is 5.75 Å². The molecule has 138 valence electrons. The van der Waals surface area contributed by atoms with Crippen LogP contribution in [0.15, 0.2) is 48.7 Å². The zero-order chi connectivity index (χ0) is 19.0. The van der Waals surface area contributed by atoms with Gasteiger partial charge in [-0.1, -0.05) is 23.8 Å². The van der Waals surface area contributed by atoms with E-state index in [1.54, 1.807) is 30.3 Å². The zero-order valence-corrected chi connectivity index (χ0v) is 15.3. The van der Waals surface area contributed by atoms with Gasteiger partial charge in [-0.3, -0.25) is 9.48 Å². The number of aryl methyl sites for hydroxylation is 1. The third kappa shape index (κ3) is 3.30. The second-order valence-corrected chi connectivity index (χ2v) is 6.77. The van der Waals surface area contributed by atoms with Crippen LogP contribution in [-0.4, -0.2) is 27.7 Å². The van der Waals surface area contributed by atoms with Gasteiger partial charge in [0.2, 0.25) is 0 Å². The molecule has 1 aliphatic heterocycles. The van der Waals surface area contributed by atoms with E-state index in [9.17, 15) is 9.18 Å². The minimum Gasteiger partial charge on any atom is -0.496 e. The number of amides is 1. The lowest BCUT2D eigenvalue weighted by atomic mass is 10.1. The van der Waals surface area contributed by atoms with Crippen LogP contribution < -0.4 is 4.74 Å². The molecule has 0 atom stereocenters. The normalized spacial score (nSPS) is 12.9. The Morgan fingerprint density at radius 2 is 1.96 bits per heavy atom. The van der Waals surface area contributed by atoms with Crippen molar-refractivity contribution in [3.8, 4) is 5.75 Å². The van der Waals surface area contributed by atoms with E-state index in [4.69, 9.17) is 4.74 Å². The monoisotopic (exact) mass is 365 g/mol. The Morgan fingerprint density at radius 3 is 2.70 bits per heavy atom. The van der Waals surface area contributed by atoms with Gasteiger partial charge in [0.1, 0.15) is 11.6 Å². The van der Waals surface area contributed by atoms with Gasteiger partial charge in [-0.15, -0.1) is 0 Å². The Hall–Kier alpha value is -3.15. The number of nitrogens with zero attached hydrogens (tertiary/aromatic N) is 3. The summed E-state index contributed by atoms with van der Waals surface area (Å²) in [4.78, 5) is 14.8. The van der Waals surface area contributed by atoms with Crippen molar-refractivity contribution in [3.63, 3.8) is 0 Å². The molecule has 2 heterocycles. The highest BCUT2D eigenvalue weighted by atomic mass is 19.1. The fraction of sp³-hybridized carbons (Fsp3) is 0.238. The summed E-state index contributed by atoms with van der Waals surface area (Å²) < 4.78 is 20.3. The number of benzene rings is 2. The van der Waals surface area contributed by atoms with Crippen LogP contribution in [0.4, 0.5) is 4.39 Å². The van der Waals surface area contributed by atoms with E-state index in [1.165, 1.54) is 12.1 Å². The van der Waals surface area contributed by atoms with Crippen molar-refractivity contribution in [2.75, 3.05) is 7.11 Å². The van der Waals surface area contributed by atoms with Gasteiger partial charge in [-0.05, 0) is 36.8 Å². The predicted molar refractivity (Wildman–Crippen MR) is 99.0 cm³/mol. The Morgan fingerprint density at radius 1 is 1.19 bits per heavy atom. The molecule has 0 radical (unpaired) electrons. The fourth-order valence-corrected chi connectivity index (χ4v) is 3.41. The van der Waals surface area contributed by atoms with E-state index >= 15 is 0 Å². The van der Waals surface area contributed by atoms with Crippen LogP contribution in [0.3, 0.4) is 0 Å². The Kier molecular flexibility index (Phi) is 4.39. The number of carbonyl (C=O) groups excluding carboxylic acids is 1. The summed E-state index contributed by atoms with van der Waals surface area (Å²) in [5.74, 6) is 0.267. The number of methoxy groups -OCH3 is 1. The van der Waals surface area contributed by atoms with E-state index < -0.39 is 0 Å². The minimum absolute atomic E-state index is 0.0555. The quantitative estimate of drug-likeness (QED) is 0.710. The molecule has 5 nitrogen and oxygen atoms in total. The first-order chi connectivity index (χ1) is 13.0. The molecule has 2 aromatic carbocycles. The summed E-state index contributed by atoms with van der Waals surface area (Å²) in [7, 11) is 1.57. The van der Waals surface area contributed by atoms with E-state index in [0.717, 1.165) is 22.4 Å². The molecule has 6 heteroatoms. The van der Waals surface area contributed by atoms with Crippen molar-refractivity contribution in [3.05, 3.63) is 82.4 Å². The first-order valence-corrected chi connectivity index (χ1v) is 8.77. The van der Waals surface area contributed by atoms with Crippen LogP contribution in [-0.2, 0) is 19.6 Å². The lowest BCUT2D eigenvalue weighted by Gasteiger charge is -2.18. The highest BCUT2D eigenvalue weighted by Crippen LogP contribution is 2.28. The molecule has 0 unspecified atom stereocenters. The number of rotatable bonds is 4. The lowest BCUT2D eigenvalue weighted by Crippen LogP contribution is -2.26. The van der Waals surface area contributed by atoms with E-state index in [2.05, 4.69) is 5.10 Å². The van der Waals surface area contributed by atoms with Crippen molar-refractivity contribution >= 4 is 5.91 Å². The summed E-state index contributed by atoms with van der Waals surface area (Å²) in [6, 6.07) is 12.0. The van der Waals surface area contributed by atoms with E-state index in [1.807, 2.05) is 29.8 Å². The van der Waals surface area contributed by atoms with Crippen molar-refractivity contribution in [2.24, 2.45) is 0 Å². The molecule has 3 aromatic rings. The zero-order valence-electron chi connectivity index (χ0n) is 15.3. The van der Waals surface area contributed by atoms with Gasteiger partial charge in [-0.25, -0.2) is 4.39 Å². The molecule has 0 fully saturated rings. The molecule has 1 aliphatic rings. The smallest absolute Gasteiger partial charge is 0.258 e. The van der Waals surface area contributed by atoms with Crippen LogP contribution in [0.1, 0.15) is 32.7 Å². The lowest BCUT2D eigenvalue weighted by molar-refractivity contribution is 0.0744. The summed E-state index contributed by atoms with van der Waals surface area (Å²) in [5.41, 5.74) is 4.60. The molecule has 0 aliphatic carbocycles. The van der Waals surface area contributed by atoms with Crippen LogP contribution >= 0.6 is 0 Å². The van der Waals surface area contributed by atoms with Gasteiger partial charge in [0.25, 0.3) is 5.91 Å². The van der Waals surface area contributed by atoms with Gasteiger partial charge in [0, 0.05) is 12.1 Å². The highest BCUT2D eigenvalue weighted by molar-refractivity contribution is 5.97. The first kappa shape index (κ1) is 17.3. The highest BCUT2D eigenvalue weighted by Gasteiger charge is 2.29. The number of ether oxygens (including phenoxy) is 1. The van der Waals surface area contributed by atoms with Gasteiger partial charge < -0.3 is 9.64 Å². The van der Waals surface area contributed by atoms with Gasteiger partial charge in [0.05, 0.1) is 37.7 Å². The summed E-state index contributed by atoms with van der Waals surface area (Å²) in [6.45, 7) is 3.52. The van der Waals surface area contributed by atoms with Crippen molar-refractivity contribution in [1.29, 1.82) is 0 Å². The molecule has 4 rings (SSSR count). The number of hydrogen-bond acceptors (Lipinski definition) is 3. The van der Waals surface area contributed by atoms with Crippen molar-refractivity contribution < 1.29 is 13.9 Å². The number of halogens is 1. The number of aromatic nitrogens is 2. The minimum atomic E-state index is -0.256. The fourth-order valence-electron chi connectivity index (χ4n) is 3.41. The van der Waals surface area contributed by atoms with Crippen LogP contribution in [0.25, 0.3) is 0 Å². The summed E-state index contributed by atoms with van der Waals surface area (Å²) in [5, 5.41) is 4.43. The van der Waals surface area contributed by atoms with Gasteiger partial charge in [-0.2, -0.15) is 5.10 Å². The molecule has 0 bridgehead atoms. The van der Waals surface area contributed by atoms with Gasteiger partial charge >= 0.3 is 0 Å². The first-order valence-electron chi connectivity index (χ1n) is 8.77. The SMILES string of the molecule is COc1ccc(C)cc1C(=O)N1Cc2cnn(Cc3ccc(F)cc3)c2C1. The largest absolute Gasteiger partial charge is 0.496 e. The molecule has 27 heavy (non-hydrogen) atoms. The molecule has 0 N–H and O–H groups in total. The molecular weight excluding hydrogens is 345 g/mol. The third-order valence-corrected chi connectivity index (χ3v) is 4.86. The maximum Gasteiger partial charge on any atom is 0.258 e. The average molecular weight is 365 g/mol. The second kappa shape index (κ2) is 6.87. The third-order valence-electron chi connectivity index (χ3n) is 4.86. The molecule has 0 saturated heterocycles. The topological polar surface area (TPSA) is 47.4 Å². The Labute approximate surface area is 157 Å². The summed E-state index contributed by atoms with van der Waals surface area (Å²) in [6.07, 6.45) is 1.81. The maximum absolute atomic E-state index is 13.1. The Bertz CT molecular complexity index is 995. The molecule has 0 spiro atoms. The number of carbonyl (C=O) groups is 1. The second-order valence-electron chi connectivity index (χ2n) is 6.77. The van der Waals surface area contributed by atoms with Crippen molar-refractivity contribution in [2.45, 2.75) is 26.6 Å². The standard InChI is InChI=1S/C21H20FN3O2/c1-14-3-8-20(27-2)18(9-14)21(26)24-12-16-10-23-25(19(16)13-24)11-15-4-6-17(22)7-5-15/h3-10H,11-13H2,1-2H3. The maximum atomic E-state index is 13.1. The van der Waals surface area contributed by atoms with E-state index in [0.29, 0.717) is 30.9 Å². The average Bonchev–Trinajstić information content (AvgIpc) is 3.25. The number of hydrogen-bond donors (Lipinski definition) is 0. The molecule has 1 aromatic heterocycles. The van der Waals surface area contributed by atoms with Gasteiger partial charge in [0.15, 0.2) is 0 Å².